The standard InChI is InChI=1S/C20H24N2O4S2/c1-16-10-12-27(24)13-11-22(16)20(23)18-8-5-9-19(14-18)28(25,26)21-15-17-6-3-2-4-7-17/h2-9,14,16,21H,10-13,15H2,1H3/t16-,27-/m0/s1. The largest absolute Gasteiger partial charge is 0.335 e. The minimum absolute atomic E-state index is 0.0320. The van der Waals surface area contributed by atoms with E-state index in [9.17, 15) is 17.4 Å². The Hall–Kier alpha value is -2.03. The van der Waals surface area contributed by atoms with Crippen LogP contribution in [-0.2, 0) is 27.4 Å². The molecule has 1 amide bonds. The zero-order valence-electron chi connectivity index (χ0n) is 15.7. The van der Waals surface area contributed by atoms with Crippen LogP contribution >= 0.6 is 0 Å². The maximum absolute atomic E-state index is 12.9. The summed E-state index contributed by atoms with van der Waals surface area (Å²) >= 11 is 0. The number of hydrogen-bond donors (Lipinski definition) is 1. The van der Waals surface area contributed by atoms with Gasteiger partial charge in [-0.1, -0.05) is 36.4 Å². The van der Waals surface area contributed by atoms with Crippen LogP contribution in [0.1, 0.15) is 29.3 Å². The molecule has 0 radical (unpaired) electrons. The van der Waals surface area contributed by atoms with Gasteiger partial charge in [-0.15, -0.1) is 0 Å². The quantitative estimate of drug-likeness (QED) is 0.803. The molecule has 1 saturated heterocycles. The molecule has 2 aromatic rings. The lowest BCUT2D eigenvalue weighted by atomic mass is 10.1. The molecule has 28 heavy (non-hydrogen) atoms. The van der Waals surface area contributed by atoms with Gasteiger partial charge in [0.25, 0.3) is 5.91 Å². The third kappa shape index (κ3) is 5.06. The van der Waals surface area contributed by atoms with E-state index < -0.39 is 20.8 Å². The molecule has 150 valence electrons. The molecule has 1 fully saturated rings. The van der Waals surface area contributed by atoms with Crippen LogP contribution in [0.4, 0.5) is 0 Å². The number of nitrogens with zero attached hydrogens (tertiary/aromatic N) is 1. The lowest BCUT2D eigenvalue weighted by molar-refractivity contribution is 0.0706. The van der Waals surface area contributed by atoms with E-state index in [1.54, 1.807) is 17.0 Å². The first-order chi connectivity index (χ1) is 13.4. The van der Waals surface area contributed by atoms with Crippen LogP contribution < -0.4 is 4.72 Å². The average Bonchev–Trinajstić information content (AvgIpc) is 2.88. The monoisotopic (exact) mass is 420 g/mol. The highest BCUT2D eigenvalue weighted by molar-refractivity contribution is 7.89. The van der Waals surface area contributed by atoms with Crippen molar-refractivity contribution in [3.8, 4) is 0 Å². The van der Waals surface area contributed by atoms with Crippen LogP contribution in [0.25, 0.3) is 0 Å². The Bertz CT molecular complexity index is 961. The second-order valence-electron chi connectivity index (χ2n) is 6.82. The first-order valence-corrected chi connectivity index (χ1v) is 12.1. The molecular weight excluding hydrogens is 396 g/mol. The molecule has 1 aliphatic rings. The van der Waals surface area contributed by atoms with Crippen molar-refractivity contribution in [1.29, 1.82) is 0 Å². The van der Waals surface area contributed by atoms with E-state index in [1.807, 2.05) is 37.3 Å². The highest BCUT2D eigenvalue weighted by Gasteiger charge is 2.26. The predicted octanol–water partition coefficient (Wildman–Crippen LogP) is 2.15. The Kier molecular flexibility index (Phi) is 6.64. The zero-order chi connectivity index (χ0) is 20.1. The molecule has 3 rings (SSSR count). The molecule has 1 N–H and O–H groups in total. The number of carbonyl (C=O) groups excluding carboxylic acids is 1. The number of nitrogens with one attached hydrogen (secondary N) is 1. The highest BCUT2D eigenvalue weighted by atomic mass is 32.2. The van der Waals surface area contributed by atoms with Crippen molar-refractivity contribution < 1.29 is 17.4 Å². The molecular formula is C20H24N2O4S2. The van der Waals surface area contributed by atoms with Gasteiger partial charge < -0.3 is 4.90 Å². The Morgan fingerprint density at radius 2 is 1.89 bits per heavy atom. The maximum atomic E-state index is 12.9. The maximum Gasteiger partial charge on any atom is 0.254 e. The second-order valence-corrected chi connectivity index (χ2v) is 10.3. The predicted molar refractivity (Wildman–Crippen MR) is 110 cm³/mol. The van der Waals surface area contributed by atoms with Crippen LogP contribution in [0.15, 0.2) is 59.5 Å². The van der Waals surface area contributed by atoms with Gasteiger partial charge in [-0.25, -0.2) is 13.1 Å². The van der Waals surface area contributed by atoms with Gasteiger partial charge in [-0.2, -0.15) is 0 Å². The van der Waals surface area contributed by atoms with Gasteiger partial charge in [-0.3, -0.25) is 9.00 Å². The Morgan fingerprint density at radius 3 is 2.64 bits per heavy atom. The fraction of sp³-hybridized carbons (Fsp3) is 0.350. The highest BCUT2D eigenvalue weighted by Crippen LogP contribution is 2.18. The molecule has 2 atom stereocenters. The van der Waals surface area contributed by atoms with Gasteiger partial charge in [0.2, 0.25) is 10.0 Å². The van der Waals surface area contributed by atoms with Gasteiger partial charge in [0.15, 0.2) is 0 Å². The number of hydrogen-bond acceptors (Lipinski definition) is 4. The molecule has 8 heteroatoms. The lowest BCUT2D eigenvalue weighted by Gasteiger charge is -2.27. The van der Waals surface area contributed by atoms with E-state index in [2.05, 4.69) is 4.72 Å². The third-order valence-electron chi connectivity index (χ3n) is 4.82. The molecule has 0 spiro atoms. The summed E-state index contributed by atoms with van der Waals surface area (Å²) in [5.74, 6) is 0.807. The van der Waals surface area contributed by atoms with E-state index in [1.165, 1.54) is 12.1 Å². The topological polar surface area (TPSA) is 83.6 Å². The first kappa shape index (κ1) is 20.7. The summed E-state index contributed by atoms with van der Waals surface area (Å²) in [6.07, 6.45) is 0.676. The molecule has 2 aromatic carbocycles. The number of amides is 1. The zero-order valence-corrected chi connectivity index (χ0v) is 17.3. The average molecular weight is 421 g/mol. The molecule has 1 heterocycles. The molecule has 0 bridgehead atoms. The summed E-state index contributed by atoms with van der Waals surface area (Å²) in [7, 11) is -4.66. The van der Waals surface area contributed by atoms with Crippen molar-refractivity contribution in [2.75, 3.05) is 18.1 Å². The van der Waals surface area contributed by atoms with Crippen LogP contribution in [0, 0.1) is 0 Å². The second kappa shape index (κ2) is 8.98. The van der Waals surface area contributed by atoms with Crippen LogP contribution in [0.2, 0.25) is 0 Å². The van der Waals surface area contributed by atoms with Gasteiger partial charge >= 0.3 is 0 Å². The first-order valence-electron chi connectivity index (χ1n) is 9.16. The summed E-state index contributed by atoms with van der Waals surface area (Å²) in [6, 6.07) is 15.3. The normalized spacial score (nSPS) is 20.5. The fourth-order valence-electron chi connectivity index (χ4n) is 3.10. The van der Waals surface area contributed by atoms with Crippen molar-refractivity contribution in [2.45, 2.75) is 30.8 Å². The fourth-order valence-corrected chi connectivity index (χ4v) is 5.37. The number of rotatable bonds is 5. The van der Waals surface area contributed by atoms with E-state index in [0.717, 1.165) is 5.56 Å². The molecule has 6 nitrogen and oxygen atoms in total. The third-order valence-corrected chi connectivity index (χ3v) is 7.54. The molecule has 0 unspecified atom stereocenters. The SMILES string of the molecule is C[C@H]1CC[S@](=O)CCN1C(=O)c1cccc(S(=O)(=O)NCc2ccccc2)c1. The lowest BCUT2D eigenvalue weighted by Crippen LogP contribution is -2.39. The number of benzene rings is 2. The number of sulfonamides is 1. The van der Waals surface area contributed by atoms with Crippen molar-refractivity contribution in [3.63, 3.8) is 0 Å². The smallest absolute Gasteiger partial charge is 0.254 e. The van der Waals surface area contributed by atoms with Gasteiger partial charge in [0.05, 0.1) is 4.90 Å². The Labute approximate surface area is 168 Å². The van der Waals surface area contributed by atoms with E-state index >= 15 is 0 Å². The van der Waals surface area contributed by atoms with E-state index in [0.29, 0.717) is 30.0 Å². The minimum Gasteiger partial charge on any atom is -0.335 e. The number of carbonyl (C=O) groups is 1. The Balaban J connectivity index is 1.77. The van der Waals surface area contributed by atoms with Gasteiger partial charge in [0, 0.05) is 47.0 Å². The van der Waals surface area contributed by atoms with Crippen LogP contribution in [-0.4, -0.2) is 47.5 Å². The van der Waals surface area contributed by atoms with Crippen molar-refractivity contribution >= 4 is 26.7 Å². The molecule has 0 aromatic heterocycles. The van der Waals surface area contributed by atoms with Crippen molar-refractivity contribution in [2.24, 2.45) is 0 Å². The molecule has 0 aliphatic carbocycles. The minimum atomic E-state index is -3.74. The Morgan fingerprint density at radius 1 is 1.14 bits per heavy atom. The molecule has 0 saturated carbocycles. The van der Waals surface area contributed by atoms with Crippen LogP contribution in [0.5, 0.6) is 0 Å². The van der Waals surface area contributed by atoms with Gasteiger partial charge in [0.1, 0.15) is 0 Å². The van der Waals surface area contributed by atoms with Gasteiger partial charge in [-0.05, 0) is 37.1 Å². The van der Waals surface area contributed by atoms with E-state index in [4.69, 9.17) is 0 Å². The van der Waals surface area contributed by atoms with Crippen molar-refractivity contribution in [3.05, 3.63) is 65.7 Å². The van der Waals surface area contributed by atoms with E-state index in [-0.39, 0.29) is 23.4 Å². The van der Waals surface area contributed by atoms with Crippen molar-refractivity contribution in [1.82, 2.24) is 9.62 Å². The van der Waals surface area contributed by atoms with Crippen LogP contribution in [0.3, 0.4) is 0 Å². The molecule has 1 aliphatic heterocycles. The summed E-state index contributed by atoms with van der Waals surface area (Å²) in [5.41, 5.74) is 1.17. The summed E-state index contributed by atoms with van der Waals surface area (Å²) in [5, 5.41) is 0. The summed E-state index contributed by atoms with van der Waals surface area (Å²) < 4.78 is 39.6. The summed E-state index contributed by atoms with van der Waals surface area (Å²) in [6.45, 7) is 2.52. The summed E-state index contributed by atoms with van der Waals surface area (Å²) in [4.78, 5) is 14.7.